The summed E-state index contributed by atoms with van der Waals surface area (Å²) < 4.78 is 5.71. The summed E-state index contributed by atoms with van der Waals surface area (Å²) in [5.74, 6) is 0.0180. The van der Waals surface area contributed by atoms with Crippen LogP contribution in [0.2, 0.25) is 0 Å². The third kappa shape index (κ3) is 3.73. The van der Waals surface area contributed by atoms with Crippen molar-refractivity contribution in [2.45, 2.75) is 64.6 Å². The van der Waals surface area contributed by atoms with E-state index in [1.807, 2.05) is 49.9 Å². The number of carbonyl (C=O) groups excluding carboxylic acids is 2. The van der Waals surface area contributed by atoms with Crippen molar-refractivity contribution in [3.05, 3.63) is 29.8 Å². The van der Waals surface area contributed by atoms with E-state index in [0.29, 0.717) is 31.7 Å². The molecule has 1 aliphatic heterocycles. The zero-order chi connectivity index (χ0) is 19.7. The van der Waals surface area contributed by atoms with Crippen molar-refractivity contribution in [1.82, 2.24) is 4.90 Å². The lowest BCUT2D eigenvalue weighted by atomic mass is 9.54. The molecule has 6 nitrogen and oxygen atoms in total. The fourth-order valence-electron chi connectivity index (χ4n) is 4.06. The molecule has 148 valence electrons. The molecule has 1 heterocycles. The molecule has 2 fully saturated rings. The zero-order valence-electron chi connectivity index (χ0n) is 16.6. The van der Waals surface area contributed by atoms with Gasteiger partial charge in [0, 0.05) is 43.6 Å². The number of likely N-dealkylation sites (tertiary alicyclic amines) is 1. The van der Waals surface area contributed by atoms with Crippen molar-refractivity contribution in [1.29, 1.82) is 0 Å². The number of piperidine rings is 1. The standard InChI is InChI=1S/C21H31N3O3/c1-4-27-17-13-21(22,20(17,2)3)19(26)23-16-9-7-8-15(12-16)14-24-11-6-5-10-18(24)25/h7-9,12,17H,4-6,10-11,13-14,22H2,1-3H3,(H,23,26). The van der Waals surface area contributed by atoms with E-state index in [1.165, 1.54) is 0 Å². The number of nitrogens with two attached hydrogens (primary N) is 1. The van der Waals surface area contributed by atoms with Gasteiger partial charge in [0.15, 0.2) is 0 Å². The Labute approximate surface area is 161 Å². The number of anilines is 1. The summed E-state index contributed by atoms with van der Waals surface area (Å²) in [6.45, 7) is 7.90. The van der Waals surface area contributed by atoms with Crippen LogP contribution in [0.25, 0.3) is 0 Å². The van der Waals surface area contributed by atoms with Gasteiger partial charge in [-0.25, -0.2) is 0 Å². The molecule has 1 aromatic rings. The van der Waals surface area contributed by atoms with E-state index in [0.717, 1.165) is 24.9 Å². The van der Waals surface area contributed by atoms with Crippen LogP contribution in [-0.4, -0.2) is 41.5 Å². The summed E-state index contributed by atoms with van der Waals surface area (Å²) in [6, 6.07) is 7.66. The molecule has 3 N–H and O–H groups in total. The highest BCUT2D eigenvalue weighted by Crippen LogP contribution is 2.50. The van der Waals surface area contributed by atoms with E-state index in [9.17, 15) is 9.59 Å². The maximum atomic E-state index is 12.9. The lowest BCUT2D eigenvalue weighted by Gasteiger charge is -2.57. The second kappa shape index (κ2) is 7.60. The summed E-state index contributed by atoms with van der Waals surface area (Å²) in [6.07, 6.45) is 3.16. The first-order valence-electron chi connectivity index (χ1n) is 9.86. The Kier molecular flexibility index (Phi) is 5.58. The van der Waals surface area contributed by atoms with Gasteiger partial charge in [-0.3, -0.25) is 9.59 Å². The van der Waals surface area contributed by atoms with Crippen molar-refractivity contribution in [3.63, 3.8) is 0 Å². The quantitative estimate of drug-likeness (QED) is 0.803. The Hall–Kier alpha value is -1.92. The van der Waals surface area contributed by atoms with Crippen molar-refractivity contribution < 1.29 is 14.3 Å². The van der Waals surface area contributed by atoms with Crippen LogP contribution in [0.3, 0.4) is 0 Å². The first kappa shape index (κ1) is 19.8. The van der Waals surface area contributed by atoms with E-state index >= 15 is 0 Å². The molecule has 6 heteroatoms. The molecule has 0 radical (unpaired) electrons. The Balaban J connectivity index is 1.66. The third-order valence-corrected chi connectivity index (χ3v) is 6.21. The summed E-state index contributed by atoms with van der Waals surface area (Å²) in [4.78, 5) is 26.8. The van der Waals surface area contributed by atoms with Crippen LogP contribution in [0.5, 0.6) is 0 Å². The van der Waals surface area contributed by atoms with Crippen molar-refractivity contribution >= 4 is 17.5 Å². The Morgan fingerprint density at radius 2 is 2.15 bits per heavy atom. The summed E-state index contributed by atoms with van der Waals surface area (Å²) in [5, 5.41) is 2.97. The maximum absolute atomic E-state index is 12.9. The number of benzene rings is 1. The normalized spacial score (nSPS) is 27.2. The van der Waals surface area contributed by atoms with Gasteiger partial charge in [0.2, 0.25) is 11.8 Å². The van der Waals surface area contributed by atoms with Crippen LogP contribution >= 0.6 is 0 Å². The predicted octanol–water partition coefficient (Wildman–Crippen LogP) is 2.67. The van der Waals surface area contributed by atoms with Gasteiger partial charge in [0.05, 0.1) is 6.10 Å². The number of amides is 2. The van der Waals surface area contributed by atoms with Crippen LogP contribution in [0, 0.1) is 5.41 Å². The number of hydrogen-bond acceptors (Lipinski definition) is 4. The monoisotopic (exact) mass is 373 g/mol. The molecule has 2 amide bonds. The number of nitrogens with zero attached hydrogens (tertiary/aromatic N) is 1. The minimum atomic E-state index is -0.953. The SMILES string of the molecule is CCOC1CC(N)(C(=O)Nc2cccc(CN3CCCCC3=O)c2)C1(C)C. The Bertz CT molecular complexity index is 718. The molecule has 1 aliphatic carbocycles. The molecule has 27 heavy (non-hydrogen) atoms. The molecular formula is C21H31N3O3. The fourth-order valence-corrected chi connectivity index (χ4v) is 4.06. The van der Waals surface area contributed by atoms with Gasteiger partial charge in [-0.2, -0.15) is 0 Å². The Morgan fingerprint density at radius 1 is 1.37 bits per heavy atom. The minimum absolute atomic E-state index is 0.00491. The molecule has 0 spiro atoms. The van der Waals surface area contributed by atoms with Gasteiger partial charge >= 0.3 is 0 Å². The van der Waals surface area contributed by atoms with Crippen LogP contribution < -0.4 is 11.1 Å². The van der Waals surface area contributed by atoms with Gasteiger partial charge < -0.3 is 20.7 Å². The van der Waals surface area contributed by atoms with Gasteiger partial charge in [-0.15, -0.1) is 0 Å². The van der Waals surface area contributed by atoms with E-state index in [1.54, 1.807) is 0 Å². The zero-order valence-corrected chi connectivity index (χ0v) is 16.6. The fraction of sp³-hybridized carbons (Fsp3) is 0.619. The highest BCUT2D eigenvalue weighted by Gasteiger charge is 2.62. The van der Waals surface area contributed by atoms with Crippen LogP contribution in [0.1, 0.15) is 52.0 Å². The number of nitrogens with one attached hydrogen (secondary N) is 1. The highest BCUT2D eigenvalue weighted by atomic mass is 16.5. The summed E-state index contributed by atoms with van der Waals surface area (Å²) in [5.41, 5.74) is 6.79. The Morgan fingerprint density at radius 3 is 2.81 bits per heavy atom. The molecule has 2 unspecified atom stereocenters. The number of rotatable bonds is 6. The number of carbonyl (C=O) groups is 2. The number of ether oxygens (including phenoxy) is 1. The molecule has 2 aliphatic rings. The average molecular weight is 373 g/mol. The van der Waals surface area contributed by atoms with Crippen molar-refractivity contribution in [3.8, 4) is 0 Å². The molecule has 0 bridgehead atoms. The van der Waals surface area contributed by atoms with Gasteiger partial charge in [-0.1, -0.05) is 26.0 Å². The number of hydrogen-bond donors (Lipinski definition) is 2. The average Bonchev–Trinajstić information content (AvgIpc) is 2.63. The van der Waals surface area contributed by atoms with Gasteiger partial charge in [0.25, 0.3) is 0 Å². The summed E-state index contributed by atoms with van der Waals surface area (Å²) in [7, 11) is 0. The molecular weight excluding hydrogens is 342 g/mol. The minimum Gasteiger partial charge on any atom is -0.378 e. The largest absolute Gasteiger partial charge is 0.378 e. The van der Waals surface area contributed by atoms with Gasteiger partial charge in [-0.05, 0) is 37.5 Å². The molecule has 1 aromatic carbocycles. The molecule has 3 rings (SSSR count). The van der Waals surface area contributed by atoms with Crippen molar-refractivity contribution in [2.75, 3.05) is 18.5 Å². The maximum Gasteiger partial charge on any atom is 0.245 e. The highest BCUT2D eigenvalue weighted by molar-refractivity contribution is 5.99. The van der Waals surface area contributed by atoms with Crippen molar-refractivity contribution in [2.24, 2.45) is 11.1 Å². The second-order valence-electron chi connectivity index (χ2n) is 8.27. The molecule has 0 aromatic heterocycles. The predicted molar refractivity (Wildman–Crippen MR) is 105 cm³/mol. The van der Waals surface area contributed by atoms with E-state index in [-0.39, 0.29) is 17.9 Å². The lowest BCUT2D eigenvalue weighted by Crippen LogP contribution is -2.74. The van der Waals surface area contributed by atoms with E-state index in [2.05, 4.69) is 5.32 Å². The van der Waals surface area contributed by atoms with E-state index in [4.69, 9.17) is 10.5 Å². The van der Waals surface area contributed by atoms with Crippen LogP contribution in [-0.2, 0) is 20.9 Å². The second-order valence-corrected chi connectivity index (χ2v) is 8.27. The smallest absolute Gasteiger partial charge is 0.245 e. The topological polar surface area (TPSA) is 84.7 Å². The first-order valence-corrected chi connectivity index (χ1v) is 9.86. The first-order chi connectivity index (χ1) is 12.8. The molecule has 2 atom stereocenters. The molecule has 1 saturated carbocycles. The van der Waals surface area contributed by atoms with Crippen LogP contribution in [0.4, 0.5) is 5.69 Å². The van der Waals surface area contributed by atoms with Gasteiger partial charge in [0.1, 0.15) is 5.54 Å². The lowest BCUT2D eigenvalue weighted by molar-refractivity contribution is -0.166. The van der Waals surface area contributed by atoms with Crippen LogP contribution in [0.15, 0.2) is 24.3 Å². The molecule has 1 saturated heterocycles. The third-order valence-electron chi connectivity index (χ3n) is 6.21. The summed E-state index contributed by atoms with van der Waals surface area (Å²) >= 11 is 0. The van der Waals surface area contributed by atoms with E-state index < -0.39 is 11.0 Å².